The highest BCUT2D eigenvalue weighted by molar-refractivity contribution is 6.25. The lowest BCUT2D eigenvalue weighted by atomic mass is 10.00. The maximum Gasteiger partial charge on any atom is 0.137 e. The second-order valence-electron chi connectivity index (χ2n) is 11.0. The fraction of sp³-hybridized carbons (Fsp3) is 0. The summed E-state index contributed by atoms with van der Waals surface area (Å²) in [6.07, 6.45) is 0. The highest BCUT2D eigenvalue weighted by Crippen LogP contribution is 2.42. The van der Waals surface area contributed by atoms with Gasteiger partial charge in [-0.2, -0.15) is 0 Å². The van der Waals surface area contributed by atoms with E-state index in [9.17, 15) is 0 Å². The number of furan rings is 1. The van der Waals surface area contributed by atoms with E-state index in [-0.39, 0.29) is 0 Å². The summed E-state index contributed by atoms with van der Waals surface area (Å²) >= 11 is 0. The van der Waals surface area contributed by atoms with E-state index in [0.29, 0.717) is 0 Å². The van der Waals surface area contributed by atoms with Gasteiger partial charge in [0.25, 0.3) is 0 Å². The van der Waals surface area contributed by atoms with Crippen LogP contribution in [0.3, 0.4) is 0 Å². The van der Waals surface area contributed by atoms with Crippen LogP contribution in [0.25, 0.3) is 82.5 Å². The Kier molecular flexibility index (Phi) is 4.93. The van der Waals surface area contributed by atoms with Gasteiger partial charge < -0.3 is 8.98 Å². The van der Waals surface area contributed by atoms with Crippen LogP contribution in [0, 0.1) is 0 Å². The molecule has 0 bridgehead atoms. The van der Waals surface area contributed by atoms with E-state index in [0.717, 1.165) is 27.6 Å². The van der Waals surface area contributed by atoms with Gasteiger partial charge in [0.15, 0.2) is 0 Å². The Bertz CT molecular complexity index is 2440. The molecule has 196 valence electrons. The number of hydrogen-bond acceptors (Lipinski definition) is 1. The fourth-order valence-corrected chi connectivity index (χ4v) is 6.58. The number of rotatable bonds is 3. The lowest BCUT2D eigenvalue weighted by Gasteiger charge is -2.11. The number of fused-ring (bicyclic) bond motifs is 8. The Morgan fingerprint density at radius 2 is 1.07 bits per heavy atom. The van der Waals surface area contributed by atoms with E-state index in [2.05, 4.69) is 156 Å². The van der Waals surface area contributed by atoms with Crippen LogP contribution in [0.4, 0.5) is 0 Å². The average Bonchev–Trinajstić information content (AvgIpc) is 3.59. The van der Waals surface area contributed by atoms with Crippen molar-refractivity contribution in [3.63, 3.8) is 0 Å². The summed E-state index contributed by atoms with van der Waals surface area (Å²) in [6.45, 7) is 0. The summed E-state index contributed by atoms with van der Waals surface area (Å²) in [6, 6.07) is 54.3. The largest absolute Gasteiger partial charge is 0.456 e. The normalized spacial score (nSPS) is 11.8. The molecule has 42 heavy (non-hydrogen) atoms. The predicted molar refractivity (Wildman–Crippen MR) is 176 cm³/mol. The van der Waals surface area contributed by atoms with Crippen LogP contribution in [0.5, 0.6) is 0 Å². The Balaban J connectivity index is 1.30. The predicted octanol–water partition coefficient (Wildman–Crippen LogP) is 11.2. The van der Waals surface area contributed by atoms with Gasteiger partial charge in [-0.25, -0.2) is 0 Å². The first-order valence-corrected chi connectivity index (χ1v) is 14.4. The van der Waals surface area contributed by atoms with Crippen molar-refractivity contribution in [2.75, 3.05) is 0 Å². The van der Waals surface area contributed by atoms with Crippen LogP contribution in [-0.4, -0.2) is 4.57 Å². The molecule has 9 aromatic rings. The van der Waals surface area contributed by atoms with Crippen molar-refractivity contribution >= 4 is 54.5 Å². The molecule has 9 rings (SSSR count). The van der Waals surface area contributed by atoms with Gasteiger partial charge in [0.1, 0.15) is 11.2 Å². The summed E-state index contributed by atoms with van der Waals surface area (Å²) in [5, 5.41) is 7.17. The van der Waals surface area contributed by atoms with Crippen LogP contribution in [0.2, 0.25) is 0 Å². The highest BCUT2D eigenvalue weighted by atomic mass is 16.3. The molecule has 0 aliphatic carbocycles. The molecule has 0 saturated heterocycles. The second-order valence-corrected chi connectivity index (χ2v) is 11.0. The van der Waals surface area contributed by atoms with E-state index in [4.69, 9.17) is 4.42 Å². The number of para-hydroxylation sites is 1. The summed E-state index contributed by atoms with van der Waals surface area (Å²) in [5.41, 5.74) is 10.2. The molecule has 2 nitrogen and oxygen atoms in total. The molecule has 0 spiro atoms. The molecule has 0 atom stereocenters. The first kappa shape index (κ1) is 23.1. The maximum absolute atomic E-state index is 6.48. The number of hydrogen-bond donors (Lipinski definition) is 0. The van der Waals surface area contributed by atoms with Gasteiger partial charge in [-0.3, -0.25) is 0 Å². The van der Waals surface area contributed by atoms with Crippen LogP contribution in [0.15, 0.2) is 156 Å². The van der Waals surface area contributed by atoms with Gasteiger partial charge in [-0.15, -0.1) is 0 Å². The van der Waals surface area contributed by atoms with Gasteiger partial charge in [0, 0.05) is 21.8 Å². The minimum Gasteiger partial charge on any atom is -0.456 e. The third kappa shape index (κ3) is 3.45. The molecule has 0 N–H and O–H groups in total. The molecule has 2 heteroatoms. The van der Waals surface area contributed by atoms with Crippen LogP contribution < -0.4 is 0 Å². The van der Waals surface area contributed by atoms with Crippen molar-refractivity contribution < 1.29 is 4.42 Å². The van der Waals surface area contributed by atoms with Crippen molar-refractivity contribution in [3.05, 3.63) is 152 Å². The van der Waals surface area contributed by atoms with Crippen LogP contribution in [-0.2, 0) is 0 Å². The van der Waals surface area contributed by atoms with E-state index in [1.54, 1.807) is 0 Å². The van der Waals surface area contributed by atoms with Gasteiger partial charge in [-0.1, -0.05) is 109 Å². The molecule has 0 fully saturated rings. The minimum absolute atomic E-state index is 0.907. The topological polar surface area (TPSA) is 18.1 Å². The smallest absolute Gasteiger partial charge is 0.137 e. The SMILES string of the molecule is c1ccc(-c2ccc(-c3cccc(-n4c5ccccc5c5ccc6oc7cc8ccccc8cc7c6c54)c3)cc2)cc1. The summed E-state index contributed by atoms with van der Waals surface area (Å²) in [7, 11) is 0. The molecule has 0 unspecified atom stereocenters. The average molecular weight is 536 g/mol. The van der Waals surface area contributed by atoms with Crippen LogP contribution in [0.1, 0.15) is 0 Å². The van der Waals surface area contributed by atoms with E-state index in [1.807, 2.05) is 0 Å². The lowest BCUT2D eigenvalue weighted by Crippen LogP contribution is -1.94. The zero-order chi connectivity index (χ0) is 27.6. The molecule has 0 aliphatic rings. The van der Waals surface area contributed by atoms with Gasteiger partial charge >= 0.3 is 0 Å². The lowest BCUT2D eigenvalue weighted by molar-refractivity contribution is 0.669. The molecule has 2 heterocycles. The van der Waals surface area contributed by atoms with Gasteiger partial charge in [0.05, 0.1) is 16.4 Å². The Labute approximate surface area is 242 Å². The van der Waals surface area contributed by atoms with E-state index >= 15 is 0 Å². The standard InChI is InChI=1S/C40H25NO/c1-2-9-26(10-3-1)27-17-19-28(20-18-27)29-13-8-14-32(23-29)41-36-16-7-6-15-33(36)34-21-22-37-39(40(34)41)35-24-30-11-4-5-12-31(30)25-38(35)42-37/h1-25H. The first-order chi connectivity index (χ1) is 20.8. The zero-order valence-electron chi connectivity index (χ0n) is 22.8. The van der Waals surface area contributed by atoms with Crippen molar-refractivity contribution in [1.29, 1.82) is 0 Å². The summed E-state index contributed by atoms with van der Waals surface area (Å²) < 4.78 is 8.90. The molecule has 2 aromatic heterocycles. The third-order valence-corrected chi connectivity index (χ3v) is 8.57. The Morgan fingerprint density at radius 1 is 0.405 bits per heavy atom. The molecule has 0 radical (unpaired) electrons. The van der Waals surface area contributed by atoms with Gasteiger partial charge in [-0.05, 0) is 75.5 Å². The Hall–Kier alpha value is -5.60. The van der Waals surface area contributed by atoms with Gasteiger partial charge in [0.2, 0.25) is 0 Å². The van der Waals surface area contributed by atoms with E-state index in [1.165, 1.54) is 54.8 Å². The molecule has 0 saturated carbocycles. The zero-order valence-corrected chi connectivity index (χ0v) is 22.8. The summed E-state index contributed by atoms with van der Waals surface area (Å²) in [4.78, 5) is 0. The number of aromatic nitrogens is 1. The summed E-state index contributed by atoms with van der Waals surface area (Å²) in [5.74, 6) is 0. The molecular weight excluding hydrogens is 510 g/mol. The van der Waals surface area contributed by atoms with E-state index < -0.39 is 0 Å². The van der Waals surface area contributed by atoms with Crippen molar-refractivity contribution in [1.82, 2.24) is 4.57 Å². The van der Waals surface area contributed by atoms with Crippen molar-refractivity contribution in [3.8, 4) is 27.9 Å². The number of benzene rings is 7. The Morgan fingerprint density at radius 3 is 1.90 bits per heavy atom. The second kappa shape index (κ2) is 8.95. The van der Waals surface area contributed by atoms with Crippen LogP contribution >= 0.6 is 0 Å². The molecular formula is C40H25NO. The molecule has 7 aromatic carbocycles. The van der Waals surface area contributed by atoms with Crippen molar-refractivity contribution in [2.24, 2.45) is 0 Å². The number of nitrogens with zero attached hydrogens (tertiary/aromatic N) is 1. The van der Waals surface area contributed by atoms with Crippen molar-refractivity contribution in [2.45, 2.75) is 0 Å². The maximum atomic E-state index is 6.48. The first-order valence-electron chi connectivity index (χ1n) is 14.4. The highest BCUT2D eigenvalue weighted by Gasteiger charge is 2.19. The monoisotopic (exact) mass is 535 g/mol. The quantitative estimate of drug-likeness (QED) is 0.220. The molecule has 0 aliphatic heterocycles. The third-order valence-electron chi connectivity index (χ3n) is 8.57. The molecule has 0 amide bonds. The fourth-order valence-electron chi connectivity index (χ4n) is 6.58. The minimum atomic E-state index is 0.907.